The first-order valence-corrected chi connectivity index (χ1v) is 6.28. The van der Waals surface area contributed by atoms with Crippen LogP contribution in [0.25, 0.3) is 0 Å². The summed E-state index contributed by atoms with van der Waals surface area (Å²) in [5, 5.41) is 0. The SMILES string of the molecule is FC(F)(F)CCCc1c[c]cc(CCCC(F)(F)F)c1. The molecule has 0 unspecified atom stereocenters. The Balaban J connectivity index is 2.41. The van der Waals surface area contributed by atoms with Crippen molar-refractivity contribution < 1.29 is 26.3 Å². The van der Waals surface area contributed by atoms with Crippen molar-refractivity contribution >= 4 is 0 Å². The summed E-state index contributed by atoms with van der Waals surface area (Å²) < 4.78 is 72.0. The normalized spacial score (nSPS) is 12.7. The molecule has 0 aliphatic heterocycles. The second-order valence-corrected chi connectivity index (χ2v) is 4.69. The van der Waals surface area contributed by atoms with Gasteiger partial charge in [-0.2, -0.15) is 26.3 Å². The second kappa shape index (κ2) is 6.99. The number of alkyl halides is 6. The van der Waals surface area contributed by atoms with Crippen LogP contribution in [-0.4, -0.2) is 12.4 Å². The highest BCUT2D eigenvalue weighted by Gasteiger charge is 2.26. The third-order valence-electron chi connectivity index (χ3n) is 2.76. The lowest BCUT2D eigenvalue weighted by Gasteiger charge is -2.08. The number of rotatable bonds is 6. The van der Waals surface area contributed by atoms with Crippen molar-refractivity contribution in [2.75, 3.05) is 0 Å². The predicted molar refractivity (Wildman–Crippen MR) is 63.3 cm³/mol. The van der Waals surface area contributed by atoms with Gasteiger partial charge in [0.25, 0.3) is 0 Å². The molecular formula is C14H15F6. The van der Waals surface area contributed by atoms with Gasteiger partial charge in [0, 0.05) is 12.8 Å². The van der Waals surface area contributed by atoms with Crippen molar-refractivity contribution in [3.8, 4) is 0 Å². The maximum atomic E-state index is 12.0. The fourth-order valence-corrected chi connectivity index (χ4v) is 1.85. The van der Waals surface area contributed by atoms with Crippen LogP contribution >= 0.6 is 0 Å². The Labute approximate surface area is 113 Å². The van der Waals surface area contributed by atoms with E-state index in [0.717, 1.165) is 0 Å². The van der Waals surface area contributed by atoms with Crippen molar-refractivity contribution in [1.82, 2.24) is 0 Å². The van der Waals surface area contributed by atoms with Gasteiger partial charge in [-0.25, -0.2) is 0 Å². The molecule has 1 aromatic carbocycles. The lowest BCUT2D eigenvalue weighted by Crippen LogP contribution is -2.07. The van der Waals surface area contributed by atoms with Crippen LogP contribution in [0.15, 0.2) is 18.2 Å². The number of benzene rings is 1. The van der Waals surface area contributed by atoms with E-state index in [1.54, 1.807) is 18.2 Å². The Morgan fingerprint density at radius 3 is 1.50 bits per heavy atom. The zero-order chi connectivity index (χ0) is 15.2. The van der Waals surface area contributed by atoms with E-state index in [1.807, 2.05) is 0 Å². The highest BCUT2D eigenvalue weighted by Crippen LogP contribution is 2.24. The Morgan fingerprint density at radius 2 is 1.15 bits per heavy atom. The Bertz CT molecular complexity index is 370. The molecule has 1 aromatic rings. The molecular weight excluding hydrogens is 282 g/mol. The van der Waals surface area contributed by atoms with E-state index in [4.69, 9.17) is 0 Å². The number of hydrogen-bond donors (Lipinski definition) is 0. The van der Waals surface area contributed by atoms with Crippen LogP contribution in [-0.2, 0) is 12.8 Å². The van der Waals surface area contributed by atoms with Gasteiger partial charge in [-0.05, 0) is 42.9 Å². The average Bonchev–Trinajstić information content (AvgIpc) is 2.26. The molecule has 0 spiro atoms. The summed E-state index contributed by atoms with van der Waals surface area (Å²) in [7, 11) is 0. The first kappa shape index (κ1) is 16.9. The molecule has 6 heteroatoms. The monoisotopic (exact) mass is 297 g/mol. The summed E-state index contributed by atoms with van der Waals surface area (Å²) >= 11 is 0. The van der Waals surface area contributed by atoms with E-state index in [9.17, 15) is 26.3 Å². The van der Waals surface area contributed by atoms with Gasteiger partial charge in [0.15, 0.2) is 0 Å². The highest BCUT2D eigenvalue weighted by atomic mass is 19.4. The van der Waals surface area contributed by atoms with Crippen molar-refractivity contribution in [3.05, 3.63) is 35.4 Å². The van der Waals surface area contributed by atoms with Crippen LogP contribution in [0.5, 0.6) is 0 Å². The van der Waals surface area contributed by atoms with Crippen molar-refractivity contribution in [1.29, 1.82) is 0 Å². The minimum Gasteiger partial charge on any atom is -0.171 e. The Kier molecular flexibility index (Phi) is 5.89. The standard InChI is InChI=1S/C14H15F6/c15-13(16,17)8-2-6-11-4-1-5-12(10-11)7-3-9-14(18,19)20/h4-5,10H,2-3,6-9H2. The maximum absolute atomic E-state index is 12.0. The van der Waals surface area contributed by atoms with E-state index < -0.39 is 25.2 Å². The molecule has 0 saturated carbocycles. The van der Waals surface area contributed by atoms with Crippen molar-refractivity contribution in [3.63, 3.8) is 0 Å². The molecule has 0 bridgehead atoms. The Hall–Kier alpha value is -1.20. The molecule has 0 amide bonds. The van der Waals surface area contributed by atoms with Crippen LogP contribution in [0, 0.1) is 6.07 Å². The molecule has 0 aliphatic rings. The molecule has 0 heterocycles. The zero-order valence-electron chi connectivity index (χ0n) is 10.7. The molecule has 0 atom stereocenters. The highest BCUT2D eigenvalue weighted by molar-refractivity contribution is 5.22. The van der Waals surface area contributed by atoms with Gasteiger partial charge in [0.1, 0.15) is 0 Å². The Morgan fingerprint density at radius 1 is 0.750 bits per heavy atom. The number of halogens is 6. The van der Waals surface area contributed by atoms with Crippen LogP contribution in [0.4, 0.5) is 26.3 Å². The molecule has 20 heavy (non-hydrogen) atoms. The van der Waals surface area contributed by atoms with E-state index in [1.165, 1.54) is 0 Å². The minimum absolute atomic E-state index is 0.0245. The van der Waals surface area contributed by atoms with Gasteiger partial charge in [0.05, 0.1) is 0 Å². The van der Waals surface area contributed by atoms with Crippen LogP contribution in [0.1, 0.15) is 36.8 Å². The fourth-order valence-electron chi connectivity index (χ4n) is 1.85. The summed E-state index contributed by atoms with van der Waals surface area (Å²) in [6, 6.07) is 7.56. The van der Waals surface area contributed by atoms with E-state index in [-0.39, 0.29) is 25.7 Å². The molecule has 0 nitrogen and oxygen atoms in total. The van der Waals surface area contributed by atoms with Crippen LogP contribution in [0.2, 0.25) is 0 Å². The third-order valence-corrected chi connectivity index (χ3v) is 2.76. The summed E-state index contributed by atoms with van der Waals surface area (Å²) in [5.74, 6) is 0. The quantitative estimate of drug-likeness (QED) is 0.628. The lowest BCUT2D eigenvalue weighted by atomic mass is 10.0. The first-order valence-electron chi connectivity index (χ1n) is 6.28. The molecule has 113 valence electrons. The van der Waals surface area contributed by atoms with Crippen LogP contribution in [0.3, 0.4) is 0 Å². The molecule has 0 aliphatic carbocycles. The maximum Gasteiger partial charge on any atom is 0.389 e. The third kappa shape index (κ3) is 8.07. The predicted octanol–water partition coefficient (Wildman–Crippen LogP) is 5.26. The van der Waals surface area contributed by atoms with Gasteiger partial charge < -0.3 is 0 Å². The first-order chi connectivity index (χ1) is 9.16. The van der Waals surface area contributed by atoms with Crippen molar-refractivity contribution in [2.45, 2.75) is 50.9 Å². The van der Waals surface area contributed by atoms with Gasteiger partial charge in [0.2, 0.25) is 0 Å². The largest absolute Gasteiger partial charge is 0.389 e. The fraction of sp³-hybridized carbons (Fsp3) is 0.571. The summed E-state index contributed by atoms with van der Waals surface area (Å²) in [4.78, 5) is 0. The van der Waals surface area contributed by atoms with E-state index in [2.05, 4.69) is 6.07 Å². The van der Waals surface area contributed by atoms with Crippen LogP contribution < -0.4 is 0 Å². The molecule has 0 aromatic heterocycles. The van der Waals surface area contributed by atoms with Gasteiger partial charge in [-0.1, -0.05) is 18.2 Å². The topological polar surface area (TPSA) is 0 Å². The summed E-state index contributed by atoms with van der Waals surface area (Å²) in [5.41, 5.74) is 1.36. The zero-order valence-corrected chi connectivity index (χ0v) is 10.7. The molecule has 0 saturated heterocycles. The number of aryl methyl sites for hydroxylation is 2. The van der Waals surface area contributed by atoms with E-state index in [0.29, 0.717) is 11.1 Å². The van der Waals surface area contributed by atoms with Gasteiger partial charge in [-0.15, -0.1) is 0 Å². The summed E-state index contributed by atoms with van der Waals surface area (Å²) in [6.07, 6.45) is -9.60. The summed E-state index contributed by atoms with van der Waals surface area (Å²) in [6.45, 7) is 0. The molecule has 0 N–H and O–H groups in total. The lowest BCUT2D eigenvalue weighted by molar-refractivity contribution is -0.136. The second-order valence-electron chi connectivity index (χ2n) is 4.69. The molecule has 1 rings (SSSR count). The number of hydrogen-bond acceptors (Lipinski definition) is 0. The van der Waals surface area contributed by atoms with Gasteiger partial charge in [-0.3, -0.25) is 0 Å². The molecule has 0 fully saturated rings. The minimum atomic E-state index is -4.17. The molecule has 1 radical (unpaired) electrons. The van der Waals surface area contributed by atoms with Gasteiger partial charge >= 0.3 is 12.4 Å². The smallest absolute Gasteiger partial charge is 0.171 e. The van der Waals surface area contributed by atoms with Crippen molar-refractivity contribution in [2.24, 2.45) is 0 Å². The average molecular weight is 297 g/mol. The van der Waals surface area contributed by atoms with E-state index >= 15 is 0 Å².